The van der Waals surface area contributed by atoms with Gasteiger partial charge in [0.25, 0.3) is 0 Å². The molecule has 0 bridgehead atoms. The maximum Gasteiger partial charge on any atom is 0.323 e. The van der Waals surface area contributed by atoms with E-state index >= 15 is 0 Å². The van der Waals surface area contributed by atoms with Gasteiger partial charge in [0.05, 0.1) is 20.3 Å². The minimum absolute atomic E-state index is 0.331. The van der Waals surface area contributed by atoms with Crippen molar-refractivity contribution in [2.24, 2.45) is 0 Å². The number of β-amino-alcohol motifs (C(OH)–C–C–N with tert-alkyl or cyclic N) is 1. The maximum absolute atomic E-state index is 11.7. The van der Waals surface area contributed by atoms with Crippen LogP contribution in [0, 0.1) is 0 Å². The number of carbonyl (C=O) groups is 1. The van der Waals surface area contributed by atoms with Gasteiger partial charge in [0.1, 0.15) is 11.8 Å². The summed E-state index contributed by atoms with van der Waals surface area (Å²) in [6.07, 6.45) is -0.139. The lowest BCUT2D eigenvalue weighted by Gasteiger charge is -2.23. The van der Waals surface area contributed by atoms with E-state index in [9.17, 15) is 9.90 Å². The van der Waals surface area contributed by atoms with Crippen molar-refractivity contribution in [2.45, 2.75) is 25.1 Å². The molecule has 0 radical (unpaired) electrons. The van der Waals surface area contributed by atoms with Crippen LogP contribution >= 0.6 is 11.6 Å². The average molecular weight is 300 g/mol. The molecule has 0 aliphatic carbocycles. The van der Waals surface area contributed by atoms with Crippen molar-refractivity contribution in [3.05, 3.63) is 28.8 Å². The minimum Gasteiger partial charge on any atom is -0.496 e. The van der Waals surface area contributed by atoms with E-state index < -0.39 is 12.1 Å². The number of hydrogen-bond acceptors (Lipinski definition) is 5. The zero-order valence-electron chi connectivity index (χ0n) is 11.5. The number of hydrogen-bond donors (Lipinski definition) is 1. The first-order chi connectivity index (χ1) is 9.55. The van der Waals surface area contributed by atoms with Crippen molar-refractivity contribution in [1.29, 1.82) is 0 Å². The average Bonchev–Trinajstić information content (AvgIpc) is 2.79. The Labute approximate surface area is 123 Å². The zero-order valence-corrected chi connectivity index (χ0v) is 12.3. The summed E-state index contributed by atoms with van der Waals surface area (Å²) < 4.78 is 10.1. The molecular formula is C14H18ClNO4. The van der Waals surface area contributed by atoms with Gasteiger partial charge in [-0.3, -0.25) is 9.69 Å². The molecular weight excluding hydrogens is 282 g/mol. The molecule has 0 spiro atoms. The summed E-state index contributed by atoms with van der Waals surface area (Å²) in [4.78, 5) is 13.6. The Kier molecular flexibility index (Phi) is 4.86. The number of benzene rings is 1. The Balaban J connectivity index is 2.19. The highest BCUT2D eigenvalue weighted by atomic mass is 35.5. The number of halogens is 1. The molecule has 6 heteroatoms. The molecule has 1 fully saturated rings. The van der Waals surface area contributed by atoms with Gasteiger partial charge >= 0.3 is 5.97 Å². The third-order valence-electron chi connectivity index (χ3n) is 3.47. The smallest absolute Gasteiger partial charge is 0.323 e. The van der Waals surface area contributed by atoms with Crippen LogP contribution < -0.4 is 4.74 Å². The molecule has 2 atom stereocenters. The first kappa shape index (κ1) is 15.1. The van der Waals surface area contributed by atoms with Crippen molar-refractivity contribution in [3.63, 3.8) is 0 Å². The number of aliphatic hydroxyl groups excluding tert-OH is 1. The number of rotatable bonds is 4. The second-order valence-electron chi connectivity index (χ2n) is 4.81. The van der Waals surface area contributed by atoms with Crippen LogP contribution in [0.3, 0.4) is 0 Å². The second-order valence-corrected chi connectivity index (χ2v) is 5.25. The highest BCUT2D eigenvalue weighted by Gasteiger charge is 2.36. The Morgan fingerprint density at radius 3 is 2.90 bits per heavy atom. The SMILES string of the molecule is COC(=O)C1CC(O)CN1Cc1cc(Cl)ccc1OC. The van der Waals surface area contributed by atoms with E-state index in [2.05, 4.69) is 0 Å². The van der Waals surface area contributed by atoms with Crippen molar-refractivity contribution in [2.75, 3.05) is 20.8 Å². The van der Waals surface area contributed by atoms with Gasteiger partial charge in [-0.2, -0.15) is 0 Å². The van der Waals surface area contributed by atoms with Gasteiger partial charge in [0.15, 0.2) is 0 Å². The molecule has 1 N–H and O–H groups in total. The van der Waals surface area contributed by atoms with Gasteiger partial charge in [-0.25, -0.2) is 0 Å². The van der Waals surface area contributed by atoms with Crippen LogP contribution in [0.5, 0.6) is 5.75 Å². The fraction of sp³-hybridized carbons (Fsp3) is 0.500. The molecule has 1 aromatic carbocycles. The van der Waals surface area contributed by atoms with Gasteiger partial charge in [0.2, 0.25) is 0 Å². The zero-order chi connectivity index (χ0) is 14.7. The summed E-state index contributed by atoms with van der Waals surface area (Å²) in [7, 11) is 2.94. The predicted molar refractivity (Wildman–Crippen MR) is 74.8 cm³/mol. The van der Waals surface area contributed by atoms with Crippen LogP contribution in [0.25, 0.3) is 0 Å². The third kappa shape index (κ3) is 3.23. The molecule has 5 nitrogen and oxygen atoms in total. The fourth-order valence-electron chi connectivity index (χ4n) is 2.52. The van der Waals surface area contributed by atoms with Crippen molar-refractivity contribution < 1.29 is 19.4 Å². The van der Waals surface area contributed by atoms with E-state index in [-0.39, 0.29) is 5.97 Å². The summed E-state index contributed by atoms with van der Waals surface area (Å²) in [5, 5.41) is 10.4. The van der Waals surface area contributed by atoms with Gasteiger partial charge in [-0.05, 0) is 18.2 Å². The summed E-state index contributed by atoms with van der Waals surface area (Å²) in [6.45, 7) is 0.899. The third-order valence-corrected chi connectivity index (χ3v) is 3.71. The van der Waals surface area contributed by atoms with Gasteiger partial charge in [-0.15, -0.1) is 0 Å². The summed E-state index contributed by atoms with van der Waals surface area (Å²) in [6, 6.07) is 4.91. The van der Waals surface area contributed by atoms with E-state index in [0.29, 0.717) is 30.3 Å². The van der Waals surface area contributed by atoms with Crippen molar-refractivity contribution in [3.8, 4) is 5.75 Å². The van der Waals surface area contributed by atoms with E-state index in [4.69, 9.17) is 21.1 Å². The molecule has 1 saturated heterocycles. The number of nitrogens with zero attached hydrogens (tertiary/aromatic N) is 1. The predicted octanol–water partition coefficient (Wildman–Crippen LogP) is 1.46. The van der Waals surface area contributed by atoms with Gasteiger partial charge < -0.3 is 14.6 Å². The number of carbonyl (C=O) groups excluding carboxylic acids is 1. The van der Waals surface area contributed by atoms with E-state index in [1.54, 1.807) is 25.3 Å². The summed E-state index contributed by atoms with van der Waals surface area (Å²) in [5.74, 6) is 0.377. The lowest BCUT2D eigenvalue weighted by molar-refractivity contribution is -0.146. The number of esters is 1. The topological polar surface area (TPSA) is 59.0 Å². The molecule has 1 heterocycles. The van der Waals surface area contributed by atoms with Crippen molar-refractivity contribution >= 4 is 17.6 Å². The molecule has 20 heavy (non-hydrogen) atoms. The summed E-state index contributed by atoms with van der Waals surface area (Å²) in [5.41, 5.74) is 0.878. The Morgan fingerprint density at radius 1 is 1.50 bits per heavy atom. The molecule has 1 aliphatic heterocycles. The van der Waals surface area contributed by atoms with Crippen LogP contribution in [0.2, 0.25) is 5.02 Å². The lowest BCUT2D eigenvalue weighted by Crippen LogP contribution is -2.36. The summed E-state index contributed by atoms with van der Waals surface area (Å²) >= 11 is 6.00. The van der Waals surface area contributed by atoms with E-state index in [0.717, 1.165) is 5.56 Å². The van der Waals surface area contributed by atoms with Gasteiger partial charge in [0, 0.05) is 30.1 Å². The lowest BCUT2D eigenvalue weighted by atomic mass is 10.1. The van der Waals surface area contributed by atoms with Crippen LogP contribution in [-0.2, 0) is 16.1 Å². The molecule has 110 valence electrons. The van der Waals surface area contributed by atoms with Gasteiger partial charge in [-0.1, -0.05) is 11.6 Å². The van der Waals surface area contributed by atoms with E-state index in [1.807, 2.05) is 4.90 Å². The Morgan fingerprint density at radius 2 is 2.25 bits per heavy atom. The second kappa shape index (κ2) is 6.43. The highest BCUT2D eigenvalue weighted by molar-refractivity contribution is 6.30. The number of methoxy groups -OCH3 is 2. The molecule has 1 aliphatic rings. The fourth-order valence-corrected chi connectivity index (χ4v) is 2.72. The molecule has 0 saturated carbocycles. The standard InChI is InChI=1S/C14H18ClNO4/c1-19-13-4-3-10(15)5-9(13)7-16-8-11(17)6-12(16)14(18)20-2/h3-5,11-12,17H,6-8H2,1-2H3. The van der Waals surface area contributed by atoms with Crippen molar-refractivity contribution in [1.82, 2.24) is 4.90 Å². The first-order valence-electron chi connectivity index (χ1n) is 6.37. The molecule has 1 aromatic rings. The Bertz CT molecular complexity index is 494. The van der Waals surface area contributed by atoms with Crippen LogP contribution in [0.1, 0.15) is 12.0 Å². The van der Waals surface area contributed by atoms with Crippen LogP contribution in [0.4, 0.5) is 0 Å². The van der Waals surface area contributed by atoms with E-state index in [1.165, 1.54) is 7.11 Å². The normalized spacial score (nSPS) is 22.8. The number of likely N-dealkylation sites (tertiary alicyclic amines) is 1. The quantitative estimate of drug-likeness (QED) is 0.853. The first-order valence-corrected chi connectivity index (χ1v) is 6.75. The minimum atomic E-state index is -0.524. The van der Waals surface area contributed by atoms with Crippen LogP contribution in [-0.4, -0.2) is 48.9 Å². The maximum atomic E-state index is 11.7. The largest absolute Gasteiger partial charge is 0.496 e. The molecule has 2 unspecified atom stereocenters. The monoisotopic (exact) mass is 299 g/mol. The Hall–Kier alpha value is -1.30. The highest BCUT2D eigenvalue weighted by Crippen LogP contribution is 2.28. The molecule has 0 aromatic heterocycles. The number of ether oxygens (including phenoxy) is 2. The molecule has 2 rings (SSSR count). The van der Waals surface area contributed by atoms with Crippen LogP contribution in [0.15, 0.2) is 18.2 Å². The molecule has 0 amide bonds. The number of aliphatic hydroxyl groups is 1.